The number of carbonyl (C=O) groups excluding carboxylic acids is 1. The molecular weight excluding hydrogens is 254 g/mol. The average Bonchev–Trinajstić information content (AvgIpc) is 2.38. The molecule has 112 valence electrons. The highest BCUT2D eigenvalue weighted by molar-refractivity contribution is 5.79. The van der Waals surface area contributed by atoms with Crippen molar-refractivity contribution in [1.82, 2.24) is 10.2 Å². The molecule has 20 heavy (non-hydrogen) atoms. The van der Waals surface area contributed by atoms with Crippen LogP contribution in [0.25, 0.3) is 0 Å². The summed E-state index contributed by atoms with van der Waals surface area (Å²) in [4.78, 5) is 14.3. The Hall–Kier alpha value is -1.12. The molecule has 1 saturated carbocycles. The molecule has 1 amide bonds. The number of ether oxygens (including phenoxy) is 1. The molecule has 2 atom stereocenters. The molecule has 0 aromatic rings. The molecule has 0 unspecified atom stereocenters. The number of carbonyl (C=O) groups is 1. The molecule has 2 fully saturated rings. The van der Waals surface area contributed by atoms with E-state index in [4.69, 9.17) is 4.74 Å². The minimum absolute atomic E-state index is 0.0326. The largest absolute Gasteiger partial charge is 0.373 e. The Bertz CT molecular complexity index is 375. The van der Waals surface area contributed by atoms with Gasteiger partial charge in [0, 0.05) is 13.1 Å². The molecule has 2 aliphatic rings. The normalized spacial score (nSPS) is 30.4. The second-order valence-corrected chi connectivity index (χ2v) is 6.25. The van der Waals surface area contributed by atoms with Crippen molar-refractivity contribution < 1.29 is 9.53 Å². The lowest BCUT2D eigenvalue weighted by molar-refractivity contribution is -0.127. The zero-order valence-electron chi connectivity index (χ0n) is 12.5. The van der Waals surface area contributed by atoms with Gasteiger partial charge in [0.25, 0.3) is 0 Å². The van der Waals surface area contributed by atoms with Crippen LogP contribution in [-0.4, -0.2) is 48.2 Å². The Morgan fingerprint density at radius 1 is 1.30 bits per heavy atom. The number of morpholine rings is 1. The summed E-state index contributed by atoms with van der Waals surface area (Å²) in [6, 6.07) is 2.33. The summed E-state index contributed by atoms with van der Waals surface area (Å²) in [5.41, 5.74) is -0.626. The standard InChI is InChI=1S/C15H25N3O2/c1-12-8-18(9-13(2)20-12)10-14(19)17-15(11-16)6-4-3-5-7-15/h12-13H,3-10H2,1-2H3,(H,17,19)/t12-,13-/m0/s1. The van der Waals surface area contributed by atoms with Gasteiger partial charge in [-0.1, -0.05) is 19.3 Å². The highest BCUT2D eigenvalue weighted by Gasteiger charge is 2.34. The number of amides is 1. The second-order valence-electron chi connectivity index (χ2n) is 6.25. The van der Waals surface area contributed by atoms with Gasteiger partial charge in [0.2, 0.25) is 5.91 Å². The van der Waals surface area contributed by atoms with Crippen LogP contribution < -0.4 is 5.32 Å². The molecule has 1 N–H and O–H groups in total. The maximum absolute atomic E-state index is 12.2. The first-order valence-corrected chi connectivity index (χ1v) is 7.63. The molecule has 5 nitrogen and oxygen atoms in total. The lowest BCUT2D eigenvalue weighted by Crippen LogP contribution is -2.54. The van der Waals surface area contributed by atoms with Crippen LogP contribution in [0.15, 0.2) is 0 Å². The van der Waals surface area contributed by atoms with E-state index in [1.54, 1.807) is 0 Å². The van der Waals surface area contributed by atoms with Gasteiger partial charge in [-0.15, -0.1) is 0 Å². The first kappa shape index (κ1) is 15.3. The molecule has 1 aliphatic carbocycles. The van der Waals surface area contributed by atoms with Crippen LogP contribution in [0.4, 0.5) is 0 Å². The third kappa shape index (κ3) is 3.94. The molecule has 0 bridgehead atoms. The van der Waals surface area contributed by atoms with Gasteiger partial charge < -0.3 is 10.1 Å². The molecule has 2 rings (SSSR count). The average molecular weight is 279 g/mol. The van der Waals surface area contributed by atoms with Gasteiger partial charge in [0.1, 0.15) is 5.54 Å². The van der Waals surface area contributed by atoms with E-state index in [1.165, 1.54) is 0 Å². The van der Waals surface area contributed by atoms with E-state index in [-0.39, 0.29) is 18.1 Å². The summed E-state index contributed by atoms with van der Waals surface area (Å²) < 4.78 is 5.66. The zero-order chi connectivity index (χ0) is 14.6. The SMILES string of the molecule is C[C@H]1CN(CC(=O)NC2(C#N)CCCCC2)C[C@H](C)O1. The highest BCUT2D eigenvalue weighted by atomic mass is 16.5. The van der Waals surface area contributed by atoms with Crippen LogP contribution in [0, 0.1) is 11.3 Å². The summed E-state index contributed by atoms with van der Waals surface area (Å²) in [5.74, 6) is -0.0326. The van der Waals surface area contributed by atoms with Crippen molar-refractivity contribution >= 4 is 5.91 Å². The molecule has 1 aliphatic heterocycles. The fourth-order valence-electron chi connectivity index (χ4n) is 3.34. The topological polar surface area (TPSA) is 65.4 Å². The highest BCUT2D eigenvalue weighted by Crippen LogP contribution is 2.27. The third-order valence-electron chi connectivity index (χ3n) is 4.16. The predicted molar refractivity (Wildman–Crippen MR) is 76.0 cm³/mol. The Labute approximate surface area is 121 Å². The summed E-state index contributed by atoms with van der Waals surface area (Å²) in [6.45, 7) is 5.97. The van der Waals surface area contributed by atoms with Crippen molar-refractivity contribution in [2.24, 2.45) is 0 Å². The smallest absolute Gasteiger partial charge is 0.235 e. The summed E-state index contributed by atoms with van der Waals surface area (Å²) in [5, 5.41) is 12.4. The van der Waals surface area contributed by atoms with Gasteiger partial charge in [-0.25, -0.2) is 0 Å². The van der Waals surface area contributed by atoms with E-state index in [2.05, 4.69) is 16.3 Å². The summed E-state index contributed by atoms with van der Waals surface area (Å²) in [7, 11) is 0. The van der Waals surface area contributed by atoms with Crippen molar-refractivity contribution in [3.8, 4) is 6.07 Å². The molecule has 0 radical (unpaired) electrons. The monoisotopic (exact) mass is 279 g/mol. The van der Waals surface area contributed by atoms with Crippen molar-refractivity contribution in [3.05, 3.63) is 0 Å². The van der Waals surface area contributed by atoms with E-state index < -0.39 is 5.54 Å². The van der Waals surface area contributed by atoms with Crippen molar-refractivity contribution in [2.75, 3.05) is 19.6 Å². The van der Waals surface area contributed by atoms with Crippen LogP contribution in [0.3, 0.4) is 0 Å². The lowest BCUT2D eigenvalue weighted by atomic mass is 9.83. The molecule has 1 saturated heterocycles. The number of rotatable bonds is 3. The Kier molecular flexibility index (Phi) is 5.00. The van der Waals surface area contributed by atoms with Crippen LogP contribution in [-0.2, 0) is 9.53 Å². The lowest BCUT2D eigenvalue weighted by Gasteiger charge is -2.36. The minimum atomic E-state index is -0.626. The molecule has 0 aromatic heterocycles. The Balaban J connectivity index is 1.87. The first-order chi connectivity index (χ1) is 9.53. The minimum Gasteiger partial charge on any atom is -0.373 e. The number of hydrogen-bond acceptors (Lipinski definition) is 4. The summed E-state index contributed by atoms with van der Waals surface area (Å²) >= 11 is 0. The maximum Gasteiger partial charge on any atom is 0.235 e. The van der Waals surface area contributed by atoms with Crippen molar-refractivity contribution in [1.29, 1.82) is 5.26 Å². The fourth-order valence-corrected chi connectivity index (χ4v) is 3.34. The van der Waals surface area contributed by atoms with Gasteiger partial charge >= 0.3 is 0 Å². The number of nitriles is 1. The van der Waals surface area contributed by atoms with E-state index in [0.29, 0.717) is 6.54 Å². The van der Waals surface area contributed by atoms with Crippen molar-refractivity contribution in [3.63, 3.8) is 0 Å². The fraction of sp³-hybridized carbons (Fsp3) is 0.867. The van der Waals surface area contributed by atoms with E-state index in [0.717, 1.165) is 45.2 Å². The third-order valence-corrected chi connectivity index (χ3v) is 4.16. The Morgan fingerprint density at radius 2 is 1.90 bits per heavy atom. The molecule has 5 heteroatoms. The molecule has 1 heterocycles. The summed E-state index contributed by atoms with van der Waals surface area (Å²) in [6.07, 6.45) is 5.10. The van der Waals surface area contributed by atoms with Crippen LogP contribution >= 0.6 is 0 Å². The maximum atomic E-state index is 12.2. The number of nitrogens with zero attached hydrogens (tertiary/aromatic N) is 2. The van der Waals surface area contributed by atoms with E-state index in [1.807, 2.05) is 13.8 Å². The molecule has 0 spiro atoms. The van der Waals surface area contributed by atoms with Crippen molar-refractivity contribution in [2.45, 2.75) is 63.7 Å². The molecule has 0 aromatic carbocycles. The van der Waals surface area contributed by atoms with Crippen LogP contribution in [0.5, 0.6) is 0 Å². The second kappa shape index (κ2) is 6.55. The zero-order valence-corrected chi connectivity index (χ0v) is 12.5. The number of nitrogens with one attached hydrogen (secondary N) is 1. The van der Waals surface area contributed by atoms with Crippen LogP contribution in [0.2, 0.25) is 0 Å². The van der Waals surface area contributed by atoms with Gasteiger partial charge in [-0.2, -0.15) is 5.26 Å². The van der Waals surface area contributed by atoms with Gasteiger partial charge in [0.15, 0.2) is 0 Å². The quantitative estimate of drug-likeness (QED) is 0.849. The number of hydrogen-bond donors (Lipinski definition) is 1. The predicted octanol–water partition coefficient (Wildman–Crippen LogP) is 1.44. The van der Waals surface area contributed by atoms with Gasteiger partial charge in [0.05, 0.1) is 24.8 Å². The molecular formula is C15H25N3O2. The Morgan fingerprint density at radius 3 is 2.45 bits per heavy atom. The van der Waals surface area contributed by atoms with Gasteiger partial charge in [-0.3, -0.25) is 9.69 Å². The van der Waals surface area contributed by atoms with Gasteiger partial charge in [-0.05, 0) is 26.7 Å². The first-order valence-electron chi connectivity index (χ1n) is 7.63. The van der Waals surface area contributed by atoms with E-state index >= 15 is 0 Å². The van der Waals surface area contributed by atoms with Crippen LogP contribution in [0.1, 0.15) is 46.0 Å². The van der Waals surface area contributed by atoms with E-state index in [9.17, 15) is 10.1 Å².